The molecule has 0 saturated heterocycles. The average Bonchev–Trinajstić information content (AvgIpc) is 2.24. The summed E-state index contributed by atoms with van der Waals surface area (Å²) in [4.78, 5) is 10.7. The number of rotatable bonds is 4. The van der Waals surface area contributed by atoms with Crippen LogP contribution < -0.4 is 5.32 Å². The lowest BCUT2D eigenvalue weighted by atomic mass is 10.0. The second-order valence-electron chi connectivity index (χ2n) is 4.22. The summed E-state index contributed by atoms with van der Waals surface area (Å²) in [5, 5.41) is 11.7. The van der Waals surface area contributed by atoms with Gasteiger partial charge < -0.3 is 10.4 Å². The van der Waals surface area contributed by atoms with Crippen molar-refractivity contribution in [2.75, 3.05) is 0 Å². The minimum absolute atomic E-state index is 0.137. The topological polar surface area (TPSA) is 49.3 Å². The molecule has 0 bridgehead atoms. The van der Waals surface area contributed by atoms with Gasteiger partial charge in [-0.3, -0.25) is 0 Å². The van der Waals surface area contributed by atoms with Gasteiger partial charge in [-0.1, -0.05) is 19.9 Å². The van der Waals surface area contributed by atoms with Gasteiger partial charge in [0.25, 0.3) is 0 Å². The summed E-state index contributed by atoms with van der Waals surface area (Å²) >= 11 is 0. The van der Waals surface area contributed by atoms with E-state index in [4.69, 9.17) is 5.11 Å². The molecule has 0 atom stereocenters. The van der Waals surface area contributed by atoms with Crippen molar-refractivity contribution in [3.63, 3.8) is 0 Å². The first-order chi connectivity index (χ1) is 8.21. The van der Waals surface area contributed by atoms with Gasteiger partial charge in [0.15, 0.2) is 0 Å². The molecule has 1 rings (SSSR count). The second kappa shape index (κ2) is 5.39. The standard InChI is InChI=1S/C12H14F3NO2/c1-7(2)16-6-8-3-4-9(11(17)18)10(5-8)12(13,14)15/h3-5,7,16H,6H2,1-2H3,(H,17,18). The van der Waals surface area contributed by atoms with Gasteiger partial charge in [-0.15, -0.1) is 0 Å². The first-order valence-corrected chi connectivity index (χ1v) is 5.38. The lowest BCUT2D eigenvalue weighted by Crippen LogP contribution is -2.22. The first kappa shape index (κ1) is 14.5. The van der Waals surface area contributed by atoms with Crippen LogP contribution in [0.1, 0.15) is 35.3 Å². The number of carboxylic acid groups (broad SMARTS) is 1. The Morgan fingerprint density at radius 3 is 2.44 bits per heavy atom. The molecule has 1 aromatic carbocycles. The summed E-state index contributed by atoms with van der Waals surface area (Å²) < 4.78 is 38.1. The van der Waals surface area contributed by atoms with Crippen molar-refractivity contribution in [3.8, 4) is 0 Å². The number of benzene rings is 1. The molecule has 0 aliphatic carbocycles. The van der Waals surface area contributed by atoms with E-state index >= 15 is 0 Å². The number of alkyl halides is 3. The number of aromatic carboxylic acids is 1. The van der Waals surface area contributed by atoms with E-state index in [-0.39, 0.29) is 12.6 Å². The fourth-order valence-corrected chi connectivity index (χ4v) is 1.44. The van der Waals surface area contributed by atoms with Crippen molar-refractivity contribution in [1.82, 2.24) is 5.32 Å². The summed E-state index contributed by atoms with van der Waals surface area (Å²) in [6.07, 6.45) is -4.67. The molecule has 1 aromatic rings. The smallest absolute Gasteiger partial charge is 0.417 e. The highest BCUT2D eigenvalue weighted by Crippen LogP contribution is 2.32. The normalized spacial score (nSPS) is 11.9. The molecular formula is C12H14F3NO2. The van der Waals surface area contributed by atoms with E-state index in [2.05, 4.69) is 5.32 Å². The Kier molecular flexibility index (Phi) is 4.34. The summed E-state index contributed by atoms with van der Waals surface area (Å²) in [5.74, 6) is -1.58. The van der Waals surface area contributed by atoms with Gasteiger partial charge in [-0.05, 0) is 17.7 Å². The molecule has 2 N–H and O–H groups in total. The van der Waals surface area contributed by atoms with Gasteiger partial charge in [-0.2, -0.15) is 13.2 Å². The van der Waals surface area contributed by atoms with Gasteiger partial charge >= 0.3 is 12.1 Å². The summed E-state index contributed by atoms with van der Waals surface area (Å²) in [6, 6.07) is 3.38. The maximum atomic E-state index is 12.7. The Labute approximate surface area is 103 Å². The maximum Gasteiger partial charge on any atom is 0.417 e. The maximum absolute atomic E-state index is 12.7. The molecule has 3 nitrogen and oxygen atoms in total. The van der Waals surface area contributed by atoms with E-state index in [0.29, 0.717) is 5.56 Å². The fourth-order valence-electron chi connectivity index (χ4n) is 1.44. The van der Waals surface area contributed by atoms with Crippen LogP contribution in [-0.2, 0) is 12.7 Å². The molecule has 0 saturated carbocycles. The van der Waals surface area contributed by atoms with Crippen LogP contribution in [0.4, 0.5) is 13.2 Å². The van der Waals surface area contributed by atoms with Crippen LogP contribution in [0.25, 0.3) is 0 Å². The van der Waals surface area contributed by atoms with E-state index in [1.807, 2.05) is 13.8 Å². The van der Waals surface area contributed by atoms with Crippen molar-refractivity contribution < 1.29 is 23.1 Å². The highest BCUT2D eigenvalue weighted by Gasteiger charge is 2.35. The minimum atomic E-state index is -4.67. The lowest BCUT2D eigenvalue weighted by molar-refractivity contribution is -0.138. The van der Waals surface area contributed by atoms with E-state index < -0.39 is 23.3 Å². The molecule has 0 aliphatic rings. The van der Waals surface area contributed by atoms with Crippen LogP contribution in [-0.4, -0.2) is 17.1 Å². The molecule has 6 heteroatoms. The van der Waals surface area contributed by atoms with Gasteiger partial charge in [0, 0.05) is 12.6 Å². The molecule has 0 aromatic heterocycles. The lowest BCUT2D eigenvalue weighted by Gasteiger charge is -2.13. The van der Waals surface area contributed by atoms with Crippen LogP contribution in [0.15, 0.2) is 18.2 Å². The summed E-state index contributed by atoms with van der Waals surface area (Å²) in [6.45, 7) is 4.01. The highest BCUT2D eigenvalue weighted by atomic mass is 19.4. The molecule has 0 unspecified atom stereocenters. The van der Waals surface area contributed by atoms with E-state index in [1.165, 1.54) is 6.07 Å². The van der Waals surface area contributed by atoms with Gasteiger partial charge in [0.2, 0.25) is 0 Å². The van der Waals surface area contributed by atoms with Crippen molar-refractivity contribution in [2.24, 2.45) is 0 Å². The van der Waals surface area contributed by atoms with E-state index in [1.54, 1.807) is 0 Å². The van der Waals surface area contributed by atoms with Crippen LogP contribution >= 0.6 is 0 Å². The zero-order valence-corrected chi connectivity index (χ0v) is 10.0. The van der Waals surface area contributed by atoms with Crippen molar-refractivity contribution >= 4 is 5.97 Å². The predicted octanol–water partition coefficient (Wildman–Crippen LogP) is 2.90. The van der Waals surface area contributed by atoms with Crippen LogP contribution in [0.5, 0.6) is 0 Å². The largest absolute Gasteiger partial charge is 0.478 e. The SMILES string of the molecule is CC(C)NCc1ccc(C(=O)O)c(C(F)(F)F)c1. The molecule has 0 spiro atoms. The van der Waals surface area contributed by atoms with Crippen LogP contribution in [0.2, 0.25) is 0 Å². The van der Waals surface area contributed by atoms with E-state index in [0.717, 1.165) is 12.1 Å². The molecule has 18 heavy (non-hydrogen) atoms. The summed E-state index contributed by atoms with van der Waals surface area (Å²) in [5.41, 5.74) is -1.44. The molecule has 0 aliphatic heterocycles. The molecule has 0 heterocycles. The monoisotopic (exact) mass is 261 g/mol. The average molecular weight is 261 g/mol. The highest BCUT2D eigenvalue weighted by molar-refractivity contribution is 5.89. The zero-order valence-electron chi connectivity index (χ0n) is 10.0. The van der Waals surface area contributed by atoms with E-state index in [9.17, 15) is 18.0 Å². The second-order valence-corrected chi connectivity index (χ2v) is 4.22. The Bertz CT molecular complexity index is 441. The van der Waals surface area contributed by atoms with Crippen molar-refractivity contribution in [3.05, 3.63) is 34.9 Å². The van der Waals surface area contributed by atoms with Gasteiger partial charge in [0.05, 0.1) is 11.1 Å². The van der Waals surface area contributed by atoms with Crippen LogP contribution in [0.3, 0.4) is 0 Å². The number of nitrogens with one attached hydrogen (secondary N) is 1. The molecule has 0 fully saturated rings. The number of hydrogen-bond acceptors (Lipinski definition) is 2. The van der Waals surface area contributed by atoms with Crippen molar-refractivity contribution in [1.29, 1.82) is 0 Å². The summed E-state index contributed by atoms with van der Waals surface area (Å²) in [7, 11) is 0. The number of halogens is 3. The third-order valence-electron chi connectivity index (χ3n) is 2.33. The molecular weight excluding hydrogens is 247 g/mol. The molecule has 0 radical (unpaired) electrons. The molecule has 0 amide bonds. The fraction of sp³-hybridized carbons (Fsp3) is 0.417. The van der Waals surface area contributed by atoms with Gasteiger partial charge in [0.1, 0.15) is 0 Å². The Hall–Kier alpha value is -1.56. The van der Waals surface area contributed by atoms with Gasteiger partial charge in [-0.25, -0.2) is 4.79 Å². The Morgan fingerprint density at radius 2 is 2.00 bits per heavy atom. The Balaban J connectivity index is 3.10. The minimum Gasteiger partial charge on any atom is -0.478 e. The predicted molar refractivity (Wildman–Crippen MR) is 60.4 cm³/mol. The third-order valence-corrected chi connectivity index (χ3v) is 2.33. The number of carbonyl (C=O) groups is 1. The number of carboxylic acids is 1. The first-order valence-electron chi connectivity index (χ1n) is 5.38. The zero-order chi connectivity index (χ0) is 13.9. The third kappa shape index (κ3) is 3.73. The van der Waals surface area contributed by atoms with Crippen LogP contribution in [0, 0.1) is 0 Å². The quantitative estimate of drug-likeness (QED) is 0.876. The number of hydrogen-bond donors (Lipinski definition) is 2. The van der Waals surface area contributed by atoms with Crippen molar-refractivity contribution in [2.45, 2.75) is 32.6 Å². The molecule has 100 valence electrons. The Morgan fingerprint density at radius 1 is 1.39 bits per heavy atom.